The van der Waals surface area contributed by atoms with Gasteiger partial charge in [-0.1, -0.05) is 15.9 Å². The summed E-state index contributed by atoms with van der Waals surface area (Å²) in [6.45, 7) is 1.50. The molecule has 0 spiro atoms. The van der Waals surface area contributed by atoms with Crippen LogP contribution in [-0.2, 0) is 9.53 Å². The number of esters is 1. The lowest BCUT2D eigenvalue weighted by Gasteiger charge is -2.20. The first kappa shape index (κ1) is 8.54. The molecular weight excluding hydrogens is 220 g/mol. The maximum absolute atomic E-state index is 10.7. The van der Waals surface area contributed by atoms with Gasteiger partial charge < -0.3 is 4.74 Å². The first-order valence-corrected chi connectivity index (χ1v) is 5.41. The van der Waals surface area contributed by atoms with E-state index in [1.54, 1.807) is 0 Å². The Labute approximate surface area is 80.8 Å². The highest BCUT2D eigenvalue weighted by Crippen LogP contribution is 2.49. The van der Waals surface area contributed by atoms with E-state index in [0.29, 0.717) is 10.7 Å². The van der Waals surface area contributed by atoms with E-state index in [1.165, 1.54) is 19.8 Å². The summed E-state index contributed by atoms with van der Waals surface area (Å²) < 4.78 is 5.25. The number of hydrogen-bond acceptors (Lipinski definition) is 2. The Morgan fingerprint density at radius 3 is 2.67 bits per heavy atom. The summed E-state index contributed by atoms with van der Waals surface area (Å²) in [5, 5.41) is 0. The number of hydrogen-bond donors (Lipinski definition) is 0. The molecule has 2 aliphatic rings. The lowest BCUT2D eigenvalue weighted by molar-refractivity contribution is -0.148. The summed E-state index contributed by atoms with van der Waals surface area (Å²) in [4.78, 5) is 11.3. The monoisotopic (exact) mass is 232 g/mol. The van der Waals surface area contributed by atoms with E-state index in [0.717, 1.165) is 12.3 Å². The normalized spacial score (nSPS) is 44.8. The molecule has 0 aliphatic heterocycles. The van der Waals surface area contributed by atoms with Crippen LogP contribution in [0.3, 0.4) is 0 Å². The number of alkyl halides is 1. The Kier molecular flexibility index (Phi) is 2.15. The average molecular weight is 233 g/mol. The molecule has 2 saturated carbocycles. The topological polar surface area (TPSA) is 26.3 Å². The van der Waals surface area contributed by atoms with Gasteiger partial charge in [-0.15, -0.1) is 0 Å². The van der Waals surface area contributed by atoms with E-state index < -0.39 is 0 Å². The van der Waals surface area contributed by atoms with E-state index in [4.69, 9.17) is 4.74 Å². The Bertz CT molecular complexity index is 205. The first-order valence-electron chi connectivity index (χ1n) is 4.50. The van der Waals surface area contributed by atoms with E-state index in [1.807, 2.05) is 0 Å². The second-order valence-electron chi connectivity index (χ2n) is 3.83. The largest absolute Gasteiger partial charge is 0.462 e. The van der Waals surface area contributed by atoms with Crippen molar-refractivity contribution in [2.45, 2.75) is 37.1 Å². The minimum Gasteiger partial charge on any atom is -0.462 e. The summed E-state index contributed by atoms with van der Waals surface area (Å²) in [6, 6.07) is 0. The fourth-order valence-electron chi connectivity index (χ4n) is 2.54. The van der Waals surface area contributed by atoms with E-state index in [9.17, 15) is 4.79 Å². The minimum atomic E-state index is -0.132. The van der Waals surface area contributed by atoms with Gasteiger partial charge in [-0.2, -0.15) is 0 Å². The van der Waals surface area contributed by atoms with E-state index >= 15 is 0 Å². The van der Waals surface area contributed by atoms with Gasteiger partial charge in [-0.25, -0.2) is 0 Å². The molecule has 0 aromatic heterocycles. The van der Waals surface area contributed by atoms with Crippen molar-refractivity contribution in [1.82, 2.24) is 0 Å². The van der Waals surface area contributed by atoms with Crippen LogP contribution in [0.1, 0.15) is 26.2 Å². The summed E-state index contributed by atoms with van der Waals surface area (Å²) >= 11 is 3.67. The molecule has 2 rings (SSSR count). The molecule has 68 valence electrons. The van der Waals surface area contributed by atoms with Crippen LogP contribution >= 0.6 is 15.9 Å². The molecule has 0 unspecified atom stereocenters. The van der Waals surface area contributed by atoms with Crippen molar-refractivity contribution in [3.05, 3.63) is 0 Å². The zero-order chi connectivity index (χ0) is 8.72. The summed E-state index contributed by atoms with van der Waals surface area (Å²) in [7, 11) is 0. The van der Waals surface area contributed by atoms with Crippen molar-refractivity contribution in [2.75, 3.05) is 0 Å². The molecular formula is C9H13BrO2. The molecule has 0 heterocycles. The molecule has 0 N–H and O–H groups in total. The van der Waals surface area contributed by atoms with Gasteiger partial charge in [-0.05, 0) is 25.2 Å². The van der Waals surface area contributed by atoms with Crippen LogP contribution in [0.4, 0.5) is 0 Å². The molecule has 3 heteroatoms. The average Bonchev–Trinajstić information content (AvgIpc) is 2.44. The molecule has 2 bridgehead atoms. The van der Waals surface area contributed by atoms with Gasteiger partial charge in [0.15, 0.2) is 0 Å². The van der Waals surface area contributed by atoms with Crippen molar-refractivity contribution in [1.29, 1.82) is 0 Å². The van der Waals surface area contributed by atoms with Gasteiger partial charge in [0, 0.05) is 17.7 Å². The SMILES string of the molecule is CC(=O)O[C@H]1C[C@@H]2CC[C@@H]1[C@@H]2Br. The second kappa shape index (κ2) is 3.02. The minimum absolute atomic E-state index is 0.132. The van der Waals surface area contributed by atoms with Gasteiger partial charge in [-0.3, -0.25) is 4.79 Å². The molecule has 0 aromatic carbocycles. The number of carbonyl (C=O) groups excluding carboxylic acids is 1. The molecule has 0 aromatic rings. The van der Waals surface area contributed by atoms with Crippen LogP contribution in [0, 0.1) is 11.8 Å². The molecule has 0 radical (unpaired) electrons. The highest BCUT2D eigenvalue weighted by Gasteiger charge is 2.48. The molecule has 2 aliphatic carbocycles. The smallest absolute Gasteiger partial charge is 0.302 e. The fourth-order valence-corrected chi connectivity index (χ4v) is 3.62. The maximum atomic E-state index is 10.7. The first-order chi connectivity index (χ1) is 5.68. The molecule has 0 amide bonds. The summed E-state index contributed by atoms with van der Waals surface area (Å²) in [5.74, 6) is 1.20. The van der Waals surface area contributed by atoms with Crippen molar-refractivity contribution >= 4 is 21.9 Å². The summed E-state index contributed by atoms with van der Waals surface area (Å²) in [5.41, 5.74) is 0. The zero-order valence-corrected chi connectivity index (χ0v) is 8.71. The van der Waals surface area contributed by atoms with Gasteiger partial charge in [0.25, 0.3) is 0 Å². The quantitative estimate of drug-likeness (QED) is 0.512. The lowest BCUT2D eigenvalue weighted by atomic mass is 9.98. The van der Waals surface area contributed by atoms with Crippen LogP contribution in [-0.4, -0.2) is 16.9 Å². The van der Waals surface area contributed by atoms with Crippen LogP contribution < -0.4 is 0 Å². The van der Waals surface area contributed by atoms with Gasteiger partial charge >= 0.3 is 5.97 Å². The molecule has 2 fully saturated rings. The Morgan fingerprint density at radius 2 is 2.25 bits per heavy atom. The van der Waals surface area contributed by atoms with Crippen molar-refractivity contribution in [2.24, 2.45) is 11.8 Å². The van der Waals surface area contributed by atoms with Crippen molar-refractivity contribution < 1.29 is 9.53 Å². The number of carbonyl (C=O) groups is 1. The number of rotatable bonds is 1. The van der Waals surface area contributed by atoms with Crippen LogP contribution in [0.5, 0.6) is 0 Å². The third kappa shape index (κ3) is 1.28. The maximum Gasteiger partial charge on any atom is 0.302 e. The second-order valence-corrected chi connectivity index (χ2v) is 4.89. The van der Waals surface area contributed by atoms with E-state index in [2.05, 4.69) is 15.9 Å². The summed E-state index contributed by atoms with van der Waals surface area (Å²) in [6.07, 6.45) is 3.79. The Hall–Kier alpha value is -0.0500. The highest BCUT2D eigenvalue weighted by molar-refractivity contribution is 9.09. The highest BCUT2D eigenvalue weighted by atomic mass is 79.9. The van der Waals surface area contributed by atoms with Crippen molar-refractivity contribution in [3.8, 4) is 0 Å². The zero-order valence-electron chi connectivity index (χ0n) is 7.13. The van der Waals surface area contributed by atoms with Gasteiger partial charge in [0.2, 0.25) is 0 Å². The third-order valence-electron chi connectivity index (χ3n) is 3.06. The molecule has 2 nitrogen and oxygen atoms in total. The van der Waals surface area contributed by atoms with Crippen molar-refractivity contribution in [3.63, 3.8) is 0 Å². The van der Waals surface area contributed by atoms with Gasteiger partial charge in [0.05, 0.1) is 0 Å². The predicted molar refractivity (Wildman–Crippen MR) is 49.1 cm³/mol. The Balaban J connectivity index is 1.99. The third-order valence-corrected chi connectivity index (χ3v) is 4.49. The van der Waals surface area contributed by atoms with E-state index in [-0.39, 0.29) is 12.1 Å². The molecule has 12 heavy (non-hydrogen) atoms. The van der Waals surface area contributed by atoms with Gasteiger partial charge in [0.1, 0.15) is 6.10 Å². The number of ether oxygens (including phenoxy) is 1. The molecule has 4 atom stereocenters. The lowest BCUT2D eigenvalue weighted by Crippen LogP contribution is -2.23. The standard InChI is InChI=1S/C9H13BrO2/c1-5(11)12-8-4-6-2-3-7(8)9(6)10/h6-9H,2-4H2,1H3/t6-,7-,8-,9+/m0/s1. The molecule has 0 saturated heterocycles. The van der Waals surface area contributed by atoms with Crippen LogP contribution in [0.25, 0.3) is 0 Å². The number of halogens is 1. The predicted octanol–water partition coefficient (Wildman–Crippen LogP) is 2.11. The van der Waals surface area contributed by atoms with Crippen LogP contribution in [0.2, 0.25) is 0 Å². The fraction of sp³-hybridized carbons (Fsp3) is 0.889. The Morgan fingerprint density at radius 1 is 1.50 bits per heavy atom. The number of fused-ring (bicyclic) bond motifs is 2. The van der Waals surface area contributed by atoms with Crippen LogP contribution in [0.15, 0.2) is 0 Å².